The number of benzene rings is 2. The fraction of sp³-hybridized carbons (Fsp3) is 0.250. The van der Waals surface area contributed by atoms with E-state index >= 15 is 0 Å². The number of ether oxygens (including phenoxy) is 2. The molecule has 0 amide bonds. The molecule has 0 fully saturated rings. The van der Waals surface area contributed by atoms with Gasteiger partial charge in [0.2, 0.25) is 0 Å². The highest BCUT2D eigenvalue weighted by molar-refractivity contribution is 9.10. The first kappa shape index (κ1) is 14.9. The van der Waals surface area contributed by atoms with Crippen molar-refractivity contribution in [3.63, 3.8) is 0 Å². The van der Waals surface area contributed by atoms with E-state index in [9.17, 15) is 0 Å². The second kappa shape index (κ2) is 5.99. The SMILES string of the molecule is COc1ccc(Br)c(C2C[C@@H](N)c3cc(Br)ccc3O2)c1. The minimum Gasteiger partial charge on any atom is -0.497 e. The van der Waals surface area contributed by atoms with Crippen molar-refractivity contribution in [2.45, 2.75) is 18.6 Å². The van der Waals surface area contributed by atoms with Crippen LogP contribution in [0.25, 0.3) is 0 Å². The van der Waals surface area contributed by atoms with Crippen LogP contribution in [0.2, 0.25) is 0 Å². The molecule has 5 heteroatoms. The lowest BCUT2D eigenvalue weighted by atomic mass is 9.93. The Labute approximate surface area is 140 Å². The van der Waals surface area contributed by atoms with E-state index in [1.807, 2.05) is 36.4 Å². The molecule has 1 heterocycles. The van der Waals surface area contributed by atoms with Crippen LogP contribution in [0.1, 0.15) is 29.7 Å². The van der Waals surface area contributed by atoms with Crippen LogP contribution in [0.4, 0.5) is 0 Å². The summed E-state index contributed by atoms with van der Waals surface area (Å²) in [6.07, 6.45) is 0.646. The molecule has 0 saturated heterocycles. The summed E-state index contributed by atoms with van der Waals surface area (Å²) in [6.45, 7) is 0. The quantitative estimate of drug-likeness (QED) is 0.774. The van der Waals surface area contributed by atoms with Crippen LogP contribution < -0.4 is 15.2 Å². The summed E-state index contributed by atoms with van der Waals surface area (Å²) in [6, 6.07) is 11.8. The second-order valence-corrected chi connectivity index (χ2v) is 6.79. The molecular weight excluding hydrogens is 398 g/mol. The minimum absolute atomic E-state index is 0.0469. The molecule has 3 nitrogen and oxygen atoms in total. The van der Waals surface area contributed by atoms with Crippen molar-refractivity contribution in [2.75, 3.05) is 7.11 Å². The fourth-order valence-corrected chi connectivity index (χ4v) is 3.44. The molecule has 0 saturated carbocycles. The van der Waals surface area contributed by atoms with Crippen molar-refractivity contribution in [1.29, 1.82) is 0 Å². The molecule has 2 atom stereocenters. The number of nitrogens with two attached hydrogens (primary N) is 1. The van der Waals surface area contributed by atoms with Crippen LogP contribution in [0.15, 0.2) is 45.3 Å². The van der Waals surface area contributed by atoms with Crippen LogP contribution in [-0.4, -0.2) is 7.11 Å². The molecule has 21 heavy (non-hydrogen) atoms. The molecule has 0 radical (unpaired) electrons. The lowest BCUT2D eigenvalue weighted by Crippen LogP contribution is -2.24. The third-order valence-electron chi connectivity index (χ3n) is 3.66. The third kappa shape index (κ3) is 2.96. The molecule has 1 unspecified atom stereocenters. The number of fused-ring (bicyclic) bond motifs is 1. The molecule has 0 aromatic heterocycles. The van der Waals surface area contributed by atoms with Gasteiger partial charge in [0.15, 0.2) is 0 Å². The van der Waals surface area contributed by atoms with E-state index in [1.54, 1.807) is 7.11 Å². The summed E-state index contributed by atoms with van der Waals surface area (Å²) in [4.78, 5) is 0. The Kier molecular flexibility index (Phi) is 4.24. The second-order valence-electron chi connectivity index (χ2n) is 5.02. The van der Waals surface area contributed by atoms with Gasteiger partial charge >= 0.3 is 0 Å². The van der Waals surface area contributed by atoms with Crippen molar-refractivity contribution in [3.8, 4) is 11.5 Å². The number of rotatable bonds is 2. The Balaban J connectivity index is 1.97. The van der Waals surface area contributed by atoms with E-state index in [4.69, 9.17) is 15.2 Å². The van der Waals surface area contributed by atoms with Gasteiger partial charge in [-0.15, -0.1) is 0 Å². The van der Waals surface area contributed by atoms with E-state index in [0.717, 1.165) is 38.0 Å². The van der Waals surface area contributed by atoms with Crippen molar-refractivity contribution < 1.29 is 9.47 Å². The van der Waals surface area contributed by atoms with Gasteiger partial charge in [0.25, 0.3) is 0 Å². The van der Waals surface area contributed by atoms with Crippen LogP contribution >= 0.6 is 31.9 Å². The van der Waals surface area contributed by atoms with Crippen LogP contribution in [0.5, 0.6) is 11.5 Å². The molecule has 0 aliphatic carbocycles. The predicted molar refractivity (Wildman–Crippen MR) is 89.8 cm³/mol. The van der Waals surface area contributed by atoms with Crippen LogP contribution in [-0.2, 0) is 0 Å². The smallest absolute Gasteiger partial charge is 0.127 e. The minimum atomic E-state index is -0.0850. The van der Waals surface area contributed by atoms with E-state index in [-0.39, 0.29) is 12.1 Å². The zero-order valence-electron chi connectivity index (χ0n) is 11.5. The Morgan fingerprint density at radius 3 is 2.71 bits per heavy atom. The fourth-order valence-electron chi connectivity index (χ4n) is 2.56. The molecule has 2 N–H and O–H groups in total. The summed E-state index contributed by atoms with van der Waals surface area (Å²) in [5.74, 6) is 1.66. The maximum Gasteiger partial charge on any atom is 0.127 e. The average molecular weight is 413 g/mol. The first-order valence-electron chi connectivity index (χ1n) is 6.63. The molecular formula is C16H15Br2NO2. The Bertz CT molecular complexity index is 675. The zero-order chi connectivity index (χ0) is 15.0. The molecule has 2 aromatic rings. The summed E-state index contributed by atoms with van der Waals surface area (Å²) in [5.41, 5.74) is 8.41. The van der Waals surface area contributed by atoms with Gasteiger partial charge < -0.3 is 15.2 Å². The molecule has 1 aliphatic rings. The highest BCUT2D eigenvalue weighted by Crippen LogP contribution is 2.43. The van der Waals surface area contributed by atoms with E-state index in [2.05, 4.69) is 31.9 Å². The predicted octanol–water partition coefficient (Wildman–Crippen LogP) is 4.74. The van der Waals surface area contributed by atoms with Gasteiger partial charge in [-0.05, 0) is 36.4 Å². The van der Waals surface area contributed by atoms with E-state index in [1.165, 1.54) is 0 Å². The highest BCUT2D eigenvalue weighted by Gasteiger charge is 2.28. The number of halogens is 2. The van der Waals surface area contributed by atoms with Gasteiger partial charge in [0.1, 0.15) is 17.6 Å². The Hall–Kier alpha value is -1.04. The van der Waals surface area contributed by atoms with Crippen LogP contribution in [0, 0.1) is 0 Å². The van der Waals surface area contributed by atoms with Gasteiger partial charge in [-0.3, -0.25) is 0 Å². The lowest BCUT2D eigenvalue weighted by molar-refractivity contribution is 0.160. The van der Waals surface area contributed by atoms with Crippen molar-refractivity contribution >= 4 is 31.9 Å². The van der Waals surface area contributed by atoms with Gasteiger partial charge in [-0.1, -0.05) is 31.9 Å². The largest absolute Gasteiger partial charge is 0.497 e. The summed E-state index contributed by atoms with van der Waals surface area (Å²) < 4.78 is 13.5. The monoisotopic (exact) mass is 411 g/mol. The molecule has 1 aliphatic heterocycles. The van der Waals surface area contributed by atoms with Gasteiger partial charge in [-0.2, -0.15) is 0 Å². The number of methoxy groups -OCH3 is 1. The lowest BCUT2D eigenvalue weighted by Gasteiger charge is -2.31. The van der Waals surface area contributed by atoms with Crippen LogP contribution in [0.3, 0.4) is 0 Å². The molecule has 110 valence electrons. The van der Waals surface area contributed by atoms with Crippen molar-refractivity contribution in [3.05, 3.63) is 56.5 Å². The van der Waals surface area contributed by atoms with Crippen molar-refractivity contribution in [2.24, 2.45) is 5.73 Å². The Morgan fingerprint density at radius 1 is 1.14 bits per heavy atom. The first-order chi connectivity index (χ1) is 10.1. The van der Waals surface area contributed by atoms with Gasteiger partial charge in [0.05, 0.1) is 7.11 Å². The Morgan fingerprint density at radius 2 is 1.95 bits per heavy atom. The standard InChI is InChI=1S/C16H15Br2NO2/c1-20-10-3-4-13(18)11(7-10)16-8-14(19)12-6-9(17)2-5-15(12)21-16/h2-7,14,16H,8,19H2,1H3/t14-,16?/m1/s1. The maximum atomic E-state index is 6.32. The highest BCUT2D eigenvalue weighted by atomic mass is 79.9. The summed E-state index contributed by atoms with van der Waals surface area (Å²) in [5, 5.41) is 0. The zero-order valence-corrected chi connectivity index (χ0v) is 14.6. The number of hydrogen-bond acceptors (Lipinski definition) is 3. The topological polar surface area (TPSA) is 44.5 Å². The molecule has 0 bridgehead atoms. The molecule has 3 rings (SSSR count). The average Bonchev–Trinajstić information content (AvgIpc) is 2.48. The third-order valence-corrected chi connectivity index (χ3v) is 4.87. The van der Waals surface area contributed by atoms with E-state index < -0.39 is 0 Å². The molecule has 2 aromatic carbocycles. The summed E-state index contributed by atoms with van der Waals surface area (Å²) >= 11 is 7.06. The summed E-state index contributed by atoms with van der Waals surface area (Å²) in [7, 11) is 1.66. The first-order valence-corrected chi connectivity index (χ1v) is 8.22. The van der Waals surface area contributed by atoms with E-state index in [0.29, 0.717) is 0 Å². The van der Waals surface area contributed by atoms with Crippen molar-refractivity contribution in [1.82, 2.24) is 0 Å². The maximum absolute atomic E-state index is 6.32. The van der Waals surface area contributed by atoms with Gasteiger partial charge in [-0.25, -0.2) is 0 Å². The molecule has 0 spiro atoms. The number of hydrogen-bond donors (Lipinski definition) is 1. The normalized spacial score (nSPS) is 20.6. The van der Waals surface area contributed by atoms with Gasteiger partial charge in [0, 0.05) is 32.5 Å².